The van der Waals surface area contributed by atoms with Crippen molar-refractivity contribution in [3.8, 4) is 0 Å². The van der Waals surface area contributed by atoms with Gasteiger partial charge < -0.3 is 10.5 Å². The van der Waals surface area contributed by atoms with Gasteiger partial charge in [0, 0.05) is 43.5 Å². The minimum Gasteiger partial charge on any atom is -0.377 e. The van der Waals surface area contributed by atoms with Crippen LogP contribution in [0.4, 0.5) is 0 Å². The van der Waals surface area contributed by atoms with Crippen molar-refractivity contribution in [3.63, 3.8) is 0 Å². The minimum absolute atomic E-state index is 0.0353. The molecule has 2 aliphatic rings. The Morgan fingerprint density at radius 2 is 2.33 bits per heavy atom. The van der Waals surface area contributed by atoms with E-state index in [1.165, 1.54) is 6.26 Å². The van der Waals surface area contributed by atoms with E-state index < -0.39 is 15.2 Å². The molecule has 0 aliphatic carbocycles. The Bertz CT molecular complexity index is 368. The summed E-state index contributed by atoms with van der Waals surface area (Å²) in [7, 11) is -3.07. The summed E-state index contributed by atoms with van der Waals surface area (Å²) < 4.78 is 29.5. The zero-order valence-corrected chi connectivity index (χ0v) is 12.4. The van der Waals surface area contributed by atoms with Crippen molar-refractivity contribution in [1.29, 1.82) is 0 Å². The number of thioether (sulfide) groups is 1. The molecule has 2 heterocycles. The van der Waals surface area contributed by atoms with Crippen LogP contribution in [0.2, 0.25) is 0 Å². The third-order valence-electron chi connectivity index (χ3n) is 3.68. The van der Waals surface area contributed by atoms with Crippen LogP contribution in [0.5, 0.6) is 0 Å². The number of sulfone groups is 1. The maximum Gasteiger partial charge on any atom is 0.164 e. The molecule has 0 aromatic carbocycles. The van der Waals surface area contributed by atoms with Gasteiger partial charge in [0.15, 0.2) is 9.84 Å². The molecule has 18 heavy (non-hydrogen) atoms. The predicted octanol–water partition coefficient (Wildman–Crippen LogP) is -0.0878. The van der Waals surface area contributed by atoms with Crippen LogP contribution in [0.3, 0.4) is 0 Å². The van der Waals surface area contributed by atoms with Gasteiger partial charge in [-0.05, 0) is 12.8 Å². The Hall–Kier alpha value is 0.180. The molecule has 2 rings (SSSR count). The van der Waals surface area contributed by atoms with Gasteiger partial charge in [0.25, 0.3) is 0 Å². The fraction of sp³-hybridized carbons (Fsp3) is 1.00. The van der Waals surface area contributed by atoms with E-state index >= 15 is 0 Å². The van der Waals surface area contributed by atoms with Gasteiger partial charge >= 0.3 is 0 Å². The molecular weight excluding hydrogens is 272 g/mol. The molecule has 0 aromatic heterocycles. The summed E-state index contributed by atoms with van der Waals surface area (Å²) >= 11 is 1.70. The Morgan fingerprint density at radius 1 is 1.56 bits per heavy atom. The number of hydrogen-bond acceptors (Lipinski definition) is 6. The molecule has 2 N–H and O–H groups in total. The van der Waals surface area contributed by atoms with Crippen molar-refractivity contribution in [1.82, 2.24) is 4.90 Å². The van der Waals surface area contributed by atoms with E-state index in [2.05, 4.69) is 4.90 Å². The molecule has 0 spiro atoms. The Kier molecular flexibility index (Phi) is 4.93. The Balaban J connectivity index is 2.15. The summed E-state index contributed by atoms with van der Waals surface area (Å²) in [5.74, 6) is 1.61. The number of nitrogens with two attached hydrogens (primary N) is 1. The van der Waals surface area contributed by atoms with Crippen LogP contribution < -0.4 is 5.73 Å². The topological polar surface area (TPSA) is 72.6 Å². The van der Waals surface area contributed by atoms with E-state index in [0.717, 1.165) is 31.7 Å². The quantitative estimate of drug-likeness (QED) is 0.781. The lowest BCUT2D eigenvalue weighted by molar-refractivity contribution is 0.0254. The minimum atomic E-state index is -3.07. The van der Waals surface area contributed by atoms with Gasteiger partial charge in [-0.2, -0.15) is 11.8 Å². The predicted molar refractivity (Wildman–Crippen MR) is 74.5 cm³/mol. The molecule has 0 aromatic rings. The number of rotatable bonds is 4. The first-order valence-corrected chi connectivity index (χ1v) is 9.49. The van der Waals surface area contributed by atoms with Crippen LogP contribution in [0.1, 0.15) is 12.8 Å². The third-order valence-corrected chi connectivity index (χ3v) is 6.34. The second kappa shape index (κ2) is 6.09. The van der Waals surface area contributed by atoms with Crippen molar-refractivity contribution in [2.45, 2.75) is 30.4 Å². The summed E-state index contributed by atoms with van der Waals surface area (Å²) in [6.45, 7) is 2.01. The van der Waals surface area contributed by atoms with E-state index in [9.17, 15) is 8.42 Å². The zero-order chi connectivity index (χ0) is 13.2. The molecule has 3 unspecified atom stereocenters. The summed E-state index contributed by atoms with van der Waals surface area (Å²) in [5.41, 5.74) is 5.87. The number of nitrogens with zero attached hydrogens (tertiary/aromatic N) is 1. The fourth-order valence-electron chi connectivity index (χ4n) is 2.75. The van der Waals surface area contributed by atoms with E-state index in [1.807, 2.05) is 0 Å². The van der Waals surface area contributed by atoms with Crippen LogP contribution in [-0.4, -0.2) is 68.3 Å². The van der Waals surface area contributed by atoms with E-state index in [0.29, 0.717) is 12.3 Å². The highest BCUT2D eigenvalue weighted by atomic mass is 32.2. The highest BCUT2D eigenvalue weighted by molar-refractivity contribution is 8.00. The van der Waals surface area contributed by atoms with E-state index in [1.54, 1.807) is 11.8 Å². The molecule has 0 radical (unpaired) electrons. The largest absolute Gasteiger partial charge is 0.377 e. The monoisotopic (exact) mass is 294 g/mol. The highest BCUT2D eigenvalue weighted by Crippen LogP contribution is 2.27. The lowest BCUT2D eigenvalue weighted by Crippen LogP contribution is -2.57. The van der Waals surface area contributed by atoms with Gasteiger partial charge in [0.2, 0.25) is 0 Å². The van der Waals surface area contributed by atoms with Crippen LogP contribution >= 0.6 is 11.8 Å². The van der Waals surface area contributed by atoms with Crippen LogP contribution in [-0.2, 0) is 14.6 Å². The summed E-state index contributed by atoms with van der Waals surface area (Å²) in [5, 5.41) is -0.408. The van der Waals surface area contributed by atoms with Gasteiger partial charge in [-0.3, -0.25) is 4.90 Å². The average molecular weight is 294 g/mol. The van der Waals surface area contributed by atoms with Crippen LogP contribution in [0.15, 0.2) is 0 Å². The van der Waals surface area contributed by atoms with Gasteiger partial charge in [0.1, 0.15) is 5.37 Å². The lowest BCUT2D eigenvalue weighted by atomic mass is 10.1. The molecule has 2 fully saturated rings. The number of hydrogen-bond donors (Lipinski definition) is 1. The van der Waals surface area contributed by atoms with Gasteiger partial charge in [-0.25, -0.2) is 8.42 Å². The van der Waals surface area contributed by atoms with Crippen LogP contribution in [0, 0.1) is 0 Å². The molecule has 3 atom stereocenters. The summed E-state index contributed by atoms with van der Waals surface area (Å²) in [6.07, 6.45) is 3.46. The third kappa shape index (κ3) is 3.19. The molecule has 7 heteroatoms. The molecule has 0 saturated carbocycles. The van der Waals surface area contributed by atoms with Crippen molar-refractivity contribution >= 4 is 21.6 Å². The SMILES string of the molecule is CS(=O)(=O)C1CSCCN1C(CN)C1CCCO1. The second-order valence-corrected chi connectivity index (χ2v) is 8.30. The van der Waals surface area contributed by atoms with Gasteiger partial charge in [0.05, 0.1) is 6.10 Å². The van der Waals surface area contributed by atoms with Crippen molar-refractivity contribution in [2.24, 2.45) is 5.73 Å². The lowest BCUT2D eigenvalue weighted by Gasteiger charge is -2.41. The summed E-state index contributed by atoms with van der Waals surface area (Å²) in [6, 6.07) is 0.0353. The molecule has 2 saturated heterocycles. The second-order valence-electron chi connectivity index (χ2n) is 4.95. The first-order valence-electron chi connectivity index (χ1n) is 6.38. The molecule has 2 aliphatic heterocycles. The Labute approximate surface area is 113 Å². The first-order chi connectivity index (χ1) is 8.54. The highest BCUT2D eigenvalue weighted by Gasteiger charge is 2.39. The molecular formula is C11H22N2O3S2. The summed E-state index contributed by atoms with van der Waals surface area (Å²) in [4.78, 5) is 2.06. The molecule has 5 nitrogen and oxygen atoms in total. The maximum atomic E-state index is 11.9. The maximum absolute atomic E-state index is 11.9. The van der Waals surface area contributed by atoms with Crippen molar-refractivity contribution in [3.05, 3.63) is 0 Å². The zero-order valence-electron chi connectivity index (χ0n) is 10.7. The first kappa shape index (κ1) is 14.6. The van der Waals surface area contributed by atoms with Crippen molar-refractivity contribution in [2.75, 3.05) is 37.5 Å². The smallest absolute Gasteiger partial charge is 0.164 e. The van der Waals surface area contributed by atoms with Crippen molar-refractivity contribution < 1.29 is 13.2 Å². The normalized spacial score (nSPS) is 32.6. The van der Waals surface area contributed by atoms with Gasteiger partial charge in [-0.15, -0.1) is 0 Å². The van der Waals surface area contributed by atoms with Crippen LogP contribution in [0.25, 0.3) is 0 Å². The fourth-order valence-corrected chi connectivity index (χ4v) is 5.68. The van der Waals surface area contributed by atoms with Gasteiger partial charge in [-0.1, -0.05) is 0 Å². The van der Waals surface area contributed by atoms with E-state index in [4.69, 9.17) is 10.5 Å². The molecule has 0 bridgehead atoms. The average Bonchev–Trinajstić information content (AvgIpc) is 2.83. The molecule has 106 valence electrons. The Morgan fingerprint density at radius 3 is 2.89 bits per heavy atom. The number of ether oxygens (including phenoxy) is 1. The standard InChI is InChI=1S/C11H22N2O3S2/c1-18(14,15)11-8-17-6-4-13(11)9(7-12)10-3-2-5-16-10/h9-11H,2-8,12H2,1H3. The molecule has 0 amide bonds. The van der Waals surface area contributed by atoms with E-state index in [-0.39, 0.29) is 12.1 Å².